The summed E-state index contributed by atoms with van der Waals surface area (Å²) in [7, 11) is 1.51. The number of aliphatic imine (C=N–C) groups is 2. The Bertz CT molecular complexity index is 1810. The molecule has 3 aromatic carbocycles. The van der Waals surface area contributed by atoms with Gasteiger partial charge in [-0.1, -0.05) is 6.07 Å². The average Bonchev–Trinajstić information content (AvgIpc) is 3.34. The van der Waals surface area contributed by atoms with Gasteiger partial charge in [-0.15, -0.1) is 0 Å². The van der Waals surface area contributed by atoms with Crippen LogP contribution in [-0.2, 0) is 29.0 Å². The maximum absolute atomic E-state index is 15.4. The normalized spacial score (nSPS) is 11.9. The van der Waals surface area contributed by atoms with Crippen LogP contribution in [0.1, 0.15) is 45.4 Å². The van der Waals surface area contributed by atoms with Gasteiger partial charge < -0.3 is 19.1 Å². The van der Waals surface area contributed by atoms with E-state index in [1.807, 2.05) is 6.07 Å². The zero-order valence-electron chi connectivity index (χ0n) is 23.3. The van der Waals surface area contributed by atoms with Crippen molar-refractivity contribution in [2.24, 2.45) is 9.98 Å². The van der Waals surface area contributed by atoms with Crippen molar-refractivity contribution >= 4 is 29.6 Å². The van der Waals surface area contributed by atoms with Crippen molar-refractivity contribution in [1.82, 2.24) is 9.55 Å². The van der Waals surface area contributed by atoms with Crippen molar-refractivity contribution < 1.29 is 32.5 Å². The lowest BCUT2D eigenvalue weighted by atomic mass is 10.1. The number of carboxylic acids is 1. The maximum atomic E-state index is 15.4. The number of aromatic carboxylic acids is 1. The summed E-state index contributed by atoms with van der Waals surface area (Å²) in [5.74, 6) is -3.24. The largest absolute Gasteiger partial charge is 0.478 e. The number of halogens is 3. The van der Waals surface area contributed by atoms with Crippen molar-refractivity contribution in [2.45, 2.75) is 26.5 Å². The van der Waals surface area contributed by atoms with Gasteiger partial charge in [0.25, 0.3) is 0 Å². The fourth-order valence-electron chi connectivity index (χ4n) is 4.29. The van der Waals surface area contributed by atoms with E-state index in [1.54, 1.807) is 17.6 Å². The van der Waals surface area contributed by atoms with Gasteiger partial charge in [0.2, 0.25) is 5.88 Å². The van der Waals surface area contributed by atoms with Crippen molar-refractivity contribution in [3.63, 3.8) is 0 Å². The van der Waals surface area contributed by atoms with Gasteiger partial charge in [0.05, 0.1) is 40.4 Å². The maximum Gasteiger partial charge on any atom is 0.335 e. The van der Waals surface area contributed by atoms with Crippen LogP contribution in [0, 0.1) is 28.8 Å². The number of hydrogen-bond acceptors (Lipinski definition) is 6. The fourth-order valence-corrected chi connectivity index (χ4v) is 4.29. The summed E-state index contributed by atoms with van der Waals surface area (Å²) in [6.45, 7) is 5.35. The number of amidine groups is 1. The number of rotatable bonds is 11. The molecule has 4 aromatic rings. The standard InChI is InChI=1S/C31H26F3N5O4/c1-4-29(43-17-20-6-5-18(16-35)11-23(20)32)38-30(36-2)22-15-24(33)21(12-25(22)34)14-28-37-26-8-7-19(31(40)41)13-27(26)39(28)9-10-42-3/h4-8,11-13,15H,2,9-10,14,17H2,1,3H3,(H,40,41)/b29-4+,38-30?. The number of carboxylic acid groups (broad SMARTS) is 1. The minimum absolute atomic E-state index is 0.00380. The van der Waals surface area contributed by atoms with E-state index in [4.69, 9.17) is 14.7 Å². The molecule has 12 heteroatoms. The van der Waals surface area contributed by atoms with Gasteiger partial charge >= 0.3 is 5.97 Å². The van der Waals surface area contributed by atoms with Crippen molar-refractivity contribution in [2.75, 3.05) is 13.7 Å². The SMILES string of the molecule is C=NC(=N/C(=C\C)OCc1ccc(C#N)cc1F)c1cc(F)c(Cc2nc3ccc(C(=O)O)cc3n2CCOC)cc1F. The van der Waals surface area contributed by atoms with Gasteiger partial charge in [0, 0.05) is 25.6 Å². The van der Waals surface area contributed by atoms with Crippen molar-refractivity contribution in [3.05, 3.63) is 112 Å². The minimum atomic E-state index is -1.10. The number of methoxy groups -OCH3 is 1. The number of nitrogens with zero attached hydrogens (tertiary/aromatic N) is 5. The molecule has 43 heavy (non-hydrogen) atoms. The molecule has 0 amide bonds. The van der Waals surface area contributed by atoms with Crippen molar-refractivity contribution in [3.8, 4) is 6.07 Å². The van der Waals surface area contributed by atoms with Crippen molar-refractivity contribution in [1.29, 1.82) is 5.26 Å². The van der Waals surface area contributed by atoms with Crippen LogP contribution in [0.5, 0.6) is 0 Å². The predicted octanol–water partition coefficient (Wildman–Crippen LogP) is 5.79. The van der Waals surface area contributed by atoms with Crippen LogP contribution in [-0.4, -0.2) is 46.9 Å². The van der Waals surface area contributed by atoms with Crippen LogP contribution in [0.4, 0.5) is 13.2 Å². The van der Waals surface area contributed by atoms with Gasteiger partial charge in [0.1, 0.15) is 29.9 Å². The third kappa shape index (κ3) is 6.97. The number of allylic oxidation sites excluding steroid dienone is 1. The van der Waals surface area contributed by atoms with E-state index in [1.165, 1.54) is 37.5 Å². The van der Waals surface area contributed by atoms with Crippen LogP contribution in [0.25, 0.3) is 11.0 Å². The molecule has 0 aliphatic carbocycles. The highest BCUT2D eigenvalue weighted by atomic mass is 19.1. The molecule has 0 bridgehead atoms. The molecule has 0 spiro atoms. The summed E-state index contributed by atoms with van der Waals surface area (Å²) in [6, 6.07) is 12.2. The topological polar surface area (TPSA) is 122 Å². The Labute approximate surface area is 244 Å². The molecule has 1 N–H and O–H groups in total. The molecule has 0 fully saturated rings. The first-order chi connectivity index (χ1) is 20.7. The molecule has 1 heterocycles. The van der Waals surface area contributed by atoms with Crippen LogP contribution in [0.3, 0.4) is 0 Å². The molecular weight excluding hydrogens is 563 g/mol. The van der Waals surface area contributed by atoms with Crippen LogP contribution in [0.15, 0.2) is 70.5 Å². The lowest BCUT2D eigenvalue weighted by Gasteiger charge is -2.12. The van der Waals surface area contributed by atoms with Crippen LogP contribution >= 0.6 is 0 Å². The molecule has 0 saturated heterocycles. The Hall–Kier alpha value is -5.28. The number of carbonyl (C=O) groups is 1. The second kappa shape index (κ2) is 13.6. The molecule has 4 rings (SSSR count). The molecule has 220 valence electrons. The number of nitriles is 1. The van der Waals surface area contributed by atoms with E-state index in [2.05, 4.69) is 21.7 Å². The highest BCUT2D eigenvalue weighted by molar-refractivity contribution is 6.02. The van der Waals surface area contributed by atoms with Gasteiger partial charge in [-0.25, -0.2) is 27.9 Å². The summed E-state index contributed by atoms with van der Waals surface area (Å²) in [4.78, 5) is 23.9. The van der Waals surface area contributed by atoms with E-state index < -0.39 is 23.4 Å². The first-order valence-corrected chi connectivity index (χ1v) is 12.9. The number of benzene rings is 3. The third-order valence-electron chi connectivity index (χ3n) is 6.49. The molecule has 1 aromatic heterocycles. The van der Waals surface area contributed by atoms with E-state index in [0.29, 0.717) is 23.4 Å². The average molecular weight is 590 g/mol. The minimum Gasteiger partial charge on any atom is -0.478 e. The highest BCUT2D eigenvalue weighted by Gasteiger charge is 2.19. The van der Waals surface area contributed by atoms with Crippen LogP contribution in [0.2, 0.25) is 0 Å². The Morgan fingerprint density at radius 2 is 1.88 bits per heavy atom. The number of hydrogen-bond donors (Lipinski definition) is 1. The lowest BCUT2D eigenvalue weighted by molar-refractivity contribution is 0.0697. The summed E-state index contributed by atoms with van der Waals surface area (Å²) in [6.07, 6.45) is 1.34. The molecule has 0 unspecified atom stereocenters. The zero-order chi connectivity index (χ0) is 31.1. The first kappa shape index (κ1) is 30.7. The second-order valence-electron chi connectivity index (χ2n) is 9.21. The predicted molar refractivity (Wildman–Crippen MR) is 153 cm³/mol. The molecule has 0 radical (unpaired) electrons. The zero-order valence-corrected chi connectivity index (χ0v) is 23.3. The Morgan fingerprint density at radius 3 is 2.53 bits per heavy atom. The van der Waals surface area contributed by atoms with Gasteiger partial charge in [0.15, 0.2) is 5.84 Å². The summed E-state index contributed by atoms with van der Waals surface area (Å²) < 4.78 is 57.4. The quantitative estimate of drug-likeness (QED) is 0.134. The molecule has 0 saturated carbocycles. The van der Waals surface area contributed by atoms with Crippen LogP contribution < -0.4 is 0 Å². The third-order valence-corrected chi connectivity index (χ3v) is 6.49. The molecule has 0 aliphatic heterocycles. The summed E-state index contributed by atoms with van der Waals surface area (Å²) in [5.41, 5.74) is 1.13. The number of fused-ring (bicyclic) bond motifs is 1. The Balaban J connectivity index is 1.61. The second-order valence-corrected chi connectivity index (χ2v) is 9.21. The lowest BCUT2D eigenvalue weighted by Crippen LogP contribution is -2.11. The number of imidazole rings is 1. The summed E-state index contributed by atoms with van der Waals surface area (Å²) >= 11 is 0. The summed E-state index contributed by atoms with van der Waals surface area (Å²) in [5, 5.41) is 18.3. The molecular formula is C31H26F3N5O4. The van der Waals surface area contributed by atoms with Gasteiger partial charge in [-0.2, -0.15) is 10.3 Å². The monoisotopic (exact) mass is 589 g/mol. The van der Waals surface area contributed by atoms with E-state index >= 15 is 8.78 Å². The smallest absolute Gasteiger partial charge is 0.335 e. The highest BCUT2D eigenvalue weighted by Crippen LogP contribution is 2.24. The van der Waals surface area contributed by atoms with E-state index in [0.717, 1.165) is 18.2 Å². The number of ether oxygens (including phenoxy) is 2. The van der Waals surface area contributed by atoms with E-state index in [9.17, 15) is 14.3 Å². The molecule has 0 atom stereocenters. The fraction of sp³-hybridized carbons (Fsp3) is 0.194. The number of aromatic nitrogens is 2. The van der Waals surface area contributed by atoms with E-state index in [-0.39, 0.29) is 59.2 Å². The molecule has 9 nitrogen and oxygen atoms in total. The molecule has 0 aliphatic rings. The van der Waals surface area contributed by atoms with Gasteiger partial charge in [-0.05, 0) is 67.7 Å². The first-order valence-electron chi connectivity index (χ1n) is 12.9. The Kier molecular flexibility index (Phi) is 9.69. The van der Waals surface area contributed by atoms with Gasteiger partial charge in [-0.3, -0.25) is 0 Å². The Morgan fingerprint density at radius 1 is 1.12 bits per heavy atom.